The fraction of sp³-hybridized carbons (Fsp3) is 0.720. The first kappa shape index (κ1) is 27.4. The van der Waals surface area contributed by atoms with Gasteiger partial charge in [-0.25, -0.2) is 4.79 Å². The van der Waals surface area contributed by atoms with E-state index in [1.807, 2.05) is 40.7 Å². The third-order valence-electron chi connectivity index (χ3n) is 5.06. The van der Waals surface area contributed by atoms with E-state index in [9.17, 15) is 9.90 Å². The van der Waals surface area contributed by atoms with Gasteiger partial charge in [-0.3, -0.25) is 0 Å². The monoisotopic (exact) mass is 437 g/mol. The van der Waals surface area contributed by atoms with Crippen LogP contribution >= 0.6 is 0 Å². The Morgan fingerprint density at radius 2 is 1.71 bits per heavy atom. The lowest BCUT2D eigenvalue weighted by atomic mass is 9.85. The van der Waals surface area contributed by atoms with Crippen LogP contribution in [-0.2, 0) is 20.6 Å². The Labute approximate surface area is 188 Å². The van der Waals surface area contributed by atoms with Crippen LogP contribution in [0.15, 0.2) is 24.3 Å². The number of amides is 1. The molecule has 0 bridgehead atoms. The molecule has 0 aliphatic carbocycles. The second kappa shape index (κ2) is 14.4. The predicted octanol–water partition coefficient (Wildman–Crippen LogP) is 5.18. The van der Waals surface area contributed by atoms with Crippen LogP contribution in [0.2, 0.25) is 0 Å². The molecule has 0 aromatic heterocycles. The van der Waals surface area contributed by atoms with Crippen LogP contribution in [-0.4, -0.2) is 49.0 Å². The molecule has 0 heterocycles. The maximum Gasteiger partial charge on any atom is 0.407 e. The molecule has 0 aliphatic rings. The molecule has 2 unspecified atom stereocenters. The SMILES string of the molecule is CCOC(CC(CC(CC)c1ccccc1CCCO)NC(=O)OC(C)(C)C)OCC. The molecule has 1 aromatic rings. The highest BCUT2D eigenvalue weighted by atomic mass is 16.7. The molecule has 1 rings (SSSR count). The first-order valence-corrected chi connectivity index (χ1v) is 11.6. The zero-order valence-corrected chi connectivity index (χ0v) is 20.3. The van der Waals surface area contributed by atoms with E-state index in [-0.39, 0.29) is 24.9 Å². The number of ether oxygens (including phenoxy) is 3. The number of carbonyl (C=O) groups excluding carboxylic acids is 1. The van der Waals surface area contributed by atoms with E-state index in [2.05, 4.69) is 30.4 Å². The first-order valence-electron chi connectivity index (χ1n) is 11.6. The van der Waals surface area contributed by atoms with Gasteiger partial charge in [-0.2, -0.15) is 0 Å². The van der Waals surface area contributed by atoms with Crippen LogP contribution < -0.4 is 5.32 Å². The lowest BCUT2D eigenvalue weighted by Gasteiger charge is -2.29. The number of nitrogens with one attached hydrogen (secondary N) is 1. The number of hydrogen-bond donors (Lipinski definition) is 2. The van der Waals surface area contributed by atoms with Crippen LogP contribution in [0.3, 0.4) is 0 Å². The van der Waals surface area contributed by atoms with E-state index < -0.39 is 11.7 Å². The molecular formula is C25H43NO5. The Bertz CT molecular complexity index is 623. The lowest BCUT2D eigenvalue weighted by molar-refractivity contribution is -0.143. The number of aliphatic hydroxyl groups is 1. The number of aliphatic hydroxyl groups excluding tert-OH is 1. The number of alkyl carbamates (subject to hydrolysis) is 1. The van der Waals surface area contributed by atoms with Gasteiger partial charge in [0.1, 0.15) is 5.60 Å². The summed E-state index contributed by atoms with van der Waals surface area (Å²) in [7, 11) is 0. The van der Waals surface area contributed by atoms with Gasteiger partial charge < -0.3 is 24.6 Å². The molecule has 2 N–H and O–H groups in total. The van der Waals surface area contributed by atoms with Gasteiger partial charge >= 0.3 is 6.09 Å². The van der Waals surface area contributed by atoms with E-state index in [0.717, 1.165) is 25.7 Å². The normalized spacial score (nSPS) is 13.8. The van der Waals surface area contributed by atoms with Crippen LogP contribution in [0.1, 0.15) is 84.3 Å². The zero-order valence-electron chi connectivity index (χ0n) is 20.3. The zero-order chi connectivity index (χ0) is 23.3. The van der Waals surface area contributed by atoms with Crippen molar-refractivity contribution in [3.63, 3.8) is 0 Å². The van der Waals surface area contributed by atoms with Crippen LogP contribution in [0.25, 0.3) is 0 Å². The van der Waals surface area contributed by atoms with Gasteiger partial charge in [0.25, 0.3) is 0 Å². The van der Waals surface area contributed by atoms with Crippen molar-refractivity contribution in [2.45, 2.75) is 97.5 Å². The molecule has 1 amide bonds. The van der Waals surface area contributed by atoms with Gasteiger partial charge in [0, 0.05) is 32.3 Å². The molecule has 0 saturated carbocycles. The molecule has 1 aromatic carbocycles. The molecule has 0 radical (unpaired) electrons. The fourth-order valence-corrected chi connectivity index (χ4v) is 3.76. The van der Waals surface area contributed by atoms with Gasteiger partial charge in [-0.15, -0.1) is 0 Å². The van der Waals surface area contributed by atoms with Crippen molar-refractivity contribution in [3.8, 4) is 0 Å². The largest absolute Gasteiger partial charge is 0.444 e. The van der Waals surface area contributed by atoms with Gasteiger partial charge in [-0.1, -0.05) is 31.2 Å². The third kappa shape index (κ3) is 11.0. The summed E-state index contributed by atoms with van der Waals surface area (Å²) in [5.41, 5.74) is 1.97. The molecular weight excluding hydrogens is 394 g/mol. The van der Waals surface area contributed by atoms with Crippen molar-refractivity contribution in [1.82, 2.24) is 5.32 Å². The van der Waals surface area contributed by atoms with Crippen molar-refractivity contribution in [2.24, 2.45) is 0 Å². The molecule has 6 nitrogen and oxygen atoms in total. The molecule has 2 atom stereocenters. The Morgan fingerprint density at radius 3 is 2.26 bits per heavy atom. The molecule has 6 heteroatoms. The van der Waals surface area contributed by atoms with E-state index in [4.69, 9.17) is 14.2 Å². The minimum atomic E-state index is -0.561. The van der Waals surface area contributed by atoms with E-state index in [0.29, 0.717) is 19.6 Å². The standard InChI is InChI=1S/C25H43NO5/c1-7-19(22-15-11-10-13-20(22)14-12-16-27)17-21(18-23(29-8-2)30-9-3)26-24(28)31-25(4,5)6/h10-11,13,15,19,21,23,27H,7-9,12,14,16-18H2,1-6H3,(H,26,28). The van der Waals surface area contributed by atoms with E-state index >= 15 is 0 Å². The summed E-state index contributed by atoms with van der Waals surface area (Å²) >= 11 is 0. The van der Waals surface area contributed by atoms with E-state index in [1.165, 1.54) is 11.1 Å². The third-order valence-corrected chi connectivity index (χ3v) is 5.06. The maximum absolute atomic E-state index is 12.5. The van der Waals surface area contributed by atoms with Crippen molar-refractivity contribution in [3.05, 3.63) is 35.4 Å². The predicted molar refractivity (Wildman–Crippen MR) is 124 cm³/mol. The molecule has 0 saturated heterocycles. The minimum absolute atomic E-state index is 0.159. The maximum atomic E-state index is 12.5. The van der Waals surface area contributed by atoms with Gasteiger partial charge in [0.15, 0.2) is 6.29 Å². The summed E-state index contributed by atoms with van der Waals surface area (Å²) in [6.45, 7) is 12.9. The summed E-state index contributed by atoms with van der Waals surface area (Å²) in [6.07, 6.45) is 3.03. The summed E-state index contributed by atoms with van der Waals surface area (Å²) in [4.78, 5) is 12.5. The highest BCUT2D eigenvalue weighted by molar-refractivity contribution is 5.68. The summed E-state index contributed by atoms with van der Waals surface area (Å²) < 4.78 is 17.0. The molecule has 0 fully saturated rings. The highest BCUT2D eigenvalue weighted by Gasteiger charge is 2.26. The number of hydrogen-bond acceptors (Lipinski definition) is 5. The van der Waals surface area contributed by atoms with Crippen molar-refractivity contribution < 1.29 is 24.1 Å². The topological polar surface area (TPSA) is 77.0 Å². The van der Waals surface area contributed by atoms with Crippen LogP contribution in [0.4, 0.5) is 4.79 Å². The Hall–Kier alpha value is -1.63. The Kier molecular flexibility index (Phi) is 12.8. The van der Waals surface area contributed by atoms with Crippen molar-refractivity contribution in [1.29, 1.82) is 0 Å². The number of benzene rings is 1. The van der Waals surface area contributed by atoms with Crippen molar-refractivity contribution >= 4 is 6.09 Å². The van der Waals surface area contributed by atoms with Crippen LogP contribution in [0.5, 0.6) is 0 Å². The van der Waals surface area contributed by atoms with Gasteiger partial charge in [0.05, 0.1) is 0 Å². The van der Waals surface area contributed by atoms with Gasteiger partial charge in [0.2, 0.25) is 0 Å². The summed E-state index contributed by atoms with van der Waals surface area (Å²) in [5, 5.41) is 12.3. The number of aryl methyl sites for hydroxylation is 1. The number of carbonyl (C=O) groups is 1. The summed E-state index contributed by atoms with van der Waals surface area (Å²) in [6, 6.07) is 8.23. The first-order chi connectivity index (χ1) is 14.7. The second-order valence-corrected chi connectivity index (χ2v) is 8.79. The second-order valence-electron chi connectivity index (χ2n) is 8.79. The van der Waals surface area contributed by atoms with Crippen molar-refractivity contribution in [2.75, 3.05) is 19.8 Å². The van der Waals surface area contributed by atoms with Crippen LogP contribution in [0, 0.1) is 0 Å². The molecule has 31 heavy (non-hydrogen) atoms. The molecule has 0 spiro atoms. The van der Waals surface area contributed by atoms with E-state index in [1.54, 1.807) is 0 Å². The average Bonchev–Trinajstić information content (AvgIpc) is 2.69. The summed E-state index contributed by atoms with van der Waals surface area (Å²) in [5.74, 6) is 0.263. The smallest absolute Gasteiger partial charge is 0.407 e. The minimum Gasteiger partial charge on any atom is -0.444 e. The quantitative estimate of drug-likeness (QED) is 0.392. The number of rotatable bonds is 14. The highest BCUT2D eigenvalue weighted by Crippen LogP contribution is 2.30. The molecule has 0 aliphatic heterocycles. The Morgan fingerprint density at radius 1 is 1.06 bits per heavy atom. The van der Waals surface area contributed by atoms with Gasteiger partial charge in [-0.05, 0) is 77.3 Å². The molecule has 178 valence electrons. The average molecular weight is 438 g/mol. The lowest BCUT2D eigenvalue weighted by Crippen LogP contribution is -2.42. The Balaban J connectivity index is 3.05. The fourth-order valence-electron chi connectivity index (χ4n) is 3.76.